The number of amides is 4. The first kappa shape index (κ1) is 24.3. The van der Waals surface area contributed by atoms with E-state index in [-0.39, 0.29) is 18.6 Å². The fourth-order valence-electron chi connectivity index (χ4n) is 5.39. The van der Waals surface area contributed by atoms with Crippen molar-refractivity contribution in [2.45, 2.75) is 37.5 Å². The molecule has 1 aromatic heterocycles. The Morgan fingerprint density at radius 3 is 2.08 bits per heavy atom. The molecule has 9 heteroatoms. The van der Waals surface area contributed by atoms with Crippen LogP contribution in [0.15, 0.2) is 85.1 Å². The number of urea groups is 2. The highest BCUT2D eigenvalue weighted by Crippen LogP contribution is 2.37. The Morgan fingerprint density at radius 2 is 1.51 bits per heavy atom. The largest absolute Gasteiger partial charge is 0.480 e. The molecule has 2 bridgehead atoms. The number of carboxylic acid groups (broad SMARTS) is 1. The van der Waals surface area contributed by atoms with Crippen molar-refractivity contribution in [1.29, 1.82) is 0 Å². The highest BCUT2D eigenvalue weighted by molar-refractivity contribution is 6.01. The van der Waals surface area contributed by atoms with Crippen LogP contribution in [0, 0.1) is 0 Å². The molecule has 0 saturated carbocycles. The molecule has 0 spiro atoms. The first-order valence-electron chi connectivity index (χ1n) is 12.3. The number of piperazine rings is 1. The fraction of sp³-hybridized carbons (Fsp3) is 0.286. The number of hydrogen-bond acceptors (Lipinski definition) is 4. The Morgan fingerprint density at radius 1 is 0.892 bits per heavy atom. The van der Waals surface area contributed by atoms with Crippen molar-refractivity contribution in [3.8, 4) is 0 Å². The van der Waals surface area contributed by atoms with Crippen LogP contribution in [0.5, 0.6) is 0 Å². The lowest BCUT2D eigenvalue weighted by molar-refractivity contribution is -0.145. The van der Waals surface area contributed by atoms with Gasteiger partial charge in [0, 0.05) is 19.8 Å². The van der Waals surface area contributed by atoms with E-state index in [9.17, 15) is 19.5 Å². The molecule has 2 aromatic carbocycles. The molecule has 3 atom stereocenters. The summed E-state index contributed by atoms with van der Waals surface area (Å²) in [5.74, 6) is -1.12. The van der Waals surface area contributed by atoms with Gasteiger partial charge in [0.25, 0.3) is 0 Å². The van der Waals surface area contributed by atoms with Gasteiger partial charge < -0.3 is 19.8 Å². The van der Waals surface area contributed by atoms with Crippen LogP contribution in [0.4, 0.5) is 21.0 Å². The van der Waals surface area contributed by atoms with Crippen LogP contribution in [0.25, 0.3) is 0 Å². The zero-order valence-corrected chi connectivity index (χ0v) is 20.6. The molecule has 2 aliphatic heterocycles. The standard InChI is InChI=1S/C28H29N5O4/c1-30(18-20-10-8-9-17-29-20)27(36)33-23-15-16-24(33)25(26(34)35)31(19-23)28(37)32(21-11-4-2-5-12-21)22-13-6-3-7-14-22/h2-14,17,23-25H,15-16,18-19H2,1H3,(H,34,35)/t23-,24+,25-/m0/s1. The zero-order valence-electron chi connectivity index (χ0n) is 20.6. The smallest absolute Gasteiger partial charge is 0.329 e. The van der Waals surface area contributed by atoms with Gasteiger partial charge in [-0.25, -0.2) is 14.4 Å². The Hall–Kier alpha value is -4.40. The minimum Gasteiger partial charge on any atom is -0.480 e. The molecule has 1 N–H and O–H groups in total. The molecule has 5 rings (SSSR count). The van der Waals surface area contributed by atoms with Gasteiger partial charge >= 0.3 is 18.0 Å². The van der Waals surface area contributed by atoms with Crippen LogP contribution in [0.1, 0.15) is 18.5 Å². The summed E-state index contributed by atoms with van der Waals surface area (Å²) in [6.45, 7) is 0.456. The molecule has 37 heavy (non-hydrogen) atoms. The van der Waals surface area contributed by atoms with Crippen LogP contribution >= 0.6 is 0 Å². The van der Waals surface area contributed by atoms with E-state index in [0.29, 0.717) is 30.8 Å². The average molecular weight is 500 g/mol. The van der Waals surface area contributed by atoms with Crippen LogP contribution in [0.2, 0.25) is 0 Å². The topological polar surface area (TPSA) is 97.3 Å². The number of likely N-dealkylation sites (tertiary alicyclic amines) is 1. The molecular weight excluding hydrogens is 470 g/mol. The predicted octanol–water partition coefficient (Wildman–Crippen LogP) is 4.19. The van der Waals surface area contributed by atoms with Gasteiger partial charge in [-0.1, -0.05) is 42.5 Å². The van der Waals surface area contributed by atoms with Gasteiger partial charge in [-0.2, -0.15) is 0 Å². The third-order valence-electron chi connectivity index (χ3n) is 7.05. The van der Waals surface area contributed by atoms with E-state index in [2.05, 4.69) is 4.98 Å². The Kier molecular flexibility index (Phi) is 6.76. The SMILES string of the molecule is CN(Cc1ccccn1)C(=O)N1[C@H]2CC[C@@H]1[C@@H](C(=O)O)N(C(=O)N(c1ccccc1)c1ccccc1)C2. The summed E-state index contributed by atoms with van der Waals surface area (Å²) in [6.07, 6.45) is 2.83. The minimum absolute atomic E-state index is 0.144. The van der Waals surface area contributed by atoms with E-state index < -0.39 is 24.1 Å². The maximum absolute atomic E-state index is 14.1. The Labute approximate surface area is 215 Å². The van der Waals surface area contributed by atoms with Crippen LogP contribution < -0.4 is 4.90 Å². The lowest BCUT2D eigenvalue weighted by Crippen LogP contribution is -2.67. The van der Waals surface area contributed by atoms with Crippen molar-refractivity contribution in [2.24, 2.45) is 0 Å². The molecule has 3 heterocycles. The molecule has 9 nitrogen and oxygen atoms in total. The number of rotatable bonds is 5. The highest BCUT2D eigenvalue weighted by atomic mass is 16.4. The number of fused-ring (bicyclic) bond motifs is 2. The number of aromatic nitrogens is 1. The second kappa shape index (κ2) is 10.3. The zero-order chi connectivity index (χ0) is 25.9. The maximum atomic E-state index is 14.1. The predicted molar refractivity (Wildman–Crippen MR) is 138 cm³/mol. The van der Waals surface area contributed by atoms with Gasteiger partial charge in [-0.15, -0.1) is 0 Å². The normalized spacial score (nSPS) is 20.4. The maximum Gasteiger partial charge on any atom is 0.329 e. The lowest BCUT2D eigenvalue weighted by Gasteiger charge is -2.47. The van der Waals surface area contributed by atoms with Crippen LogP contribution in [0.3, 0.4) is 0 Å². The van der Waals surface area contributed by atoms with Crippen molar-refractivity contribution in [1.82, 2.24) is 19.7 Å². The van der Waals surface area contributed by atoms with E-state index >= 15 is 0 Å². The van der Waals surface area contributed by atoms with Gasteiger partial charge in [0.05, 0.1) is 35.7 Å². The van der Waals surface area contributed by atoms with E-state index in [1.165, 1.54) is 4.90 Å². The van der Waals surface area contributed by atoms with Crippen LogP contribution in [-0.2, 0) is 11.3 Å². The third kappa shape index (κ3) is 4.72. The second-order valence-corrected chi connectivity index (χ2v) is 9.39. The summed E-state index contributed by atoms with van der Waals surface area (Å²) in [6, 6.07) is 21.2. The van der Waals surface area contributed by atoms with E-state index in [1.54, 1.807) is 27.9 Å². The molecule has 190 valence electrons. The summed E-state index contributed by atoms with van der Waals surface area (Å²) in [4.78, 5) is 50.6. The lowest BCUT2D eigenvalue weighted by atomic mass is 10.0. The highest BCUT2D eigenvalue weighted by Gasteiger charge is 2.54. The summed E-state index contributed by atoms with van der Waals surface area (Å²) in [7, 11) is 1.69. The van der Waals surface area contributed by atoms with E-state index in [4.69, 9.17) is 0 Å². The van der Waals surface area contributed by atoms with Gasteiger partial charge in [0.2, 0.25) is 0 Å². The number of carbonyl (C=O) groups excluding carboxylic acids is 2. The number of para-hydroxylation sites is 2. The number of carboxylic acids is 1. The van der Waals surface area contributed by atoms with Crippen molar-refractivity contribution in [3.63, 3.8) is 0 Å². The molecule has 2 saturated heterocycles. The van der Waals surface area contributed by atoms with Crippen molar-refractivity contribution < 1.29 is 19.5 Å². The molecule has 2 aliphatic rings. The minimum atomic E-state index is -1.16. The molecule has 0 aliphatic carbocycles. The third-order valence-corrected chi connectivity index (χ3v) is 7.05. The molecule has 2 fully saturated rings. The number of pyridine rings is 1. The fourth-order valence-corrected chi connectivity index (χ4v) is 5.39. The number of carbonyl (C=O) groups is 3. The average Bonchev–Trinajstić information content (AvgIpc) is 3.22. The number of hydrogen-bond donors (Lipinski definition) is 1. The van der Waals surface area contributed by atoms with Gasteiger partial charge in [0.15, 0.2) is 6.04 Å². The summed E-state index contributed by atoms with van der Waals surface area (Å²) >= 11 is 0. The Balaban J connectivity index is 1.43. The second-order valence-electron chi connectivity index (χ2n) is 9.39. The Bertz CT molecular complexity index is 1220. The van der Waals surface area contributed by atoms with Crippen molar-refractivity contribution in [3.05, 3.63) is 90.8 Å². The monoisotopic (exact) mass is 499 g/mol. The summed E-state index contributed by atoms with van der Waals surface area (Å²) in [5.41, 5.74) is 2.03. The van der Waals surface area contributed by atoms with Crippen molar-refractivity contribution in [2.75, 3.05) is 18.5 Å². The number of anilines is 2. The number of benzene rings is 2. The van der Waals surface area contributed by atoms with Gasteiger partial charge in [-0.3, -0.25) is 9.88 Å². The molecular formula is C28H29N5O4. The van der Waals surface area contributed by atoms with Crippen LogP contribution in [-0.4, -0.2) is 74.5 Å². The molecule has 0 radical (unpaired) electrons. The first-order valence-corrected chi connectivity index (χ1v) is 12.3. The summed E-state index contributed by atoms with van der Waals surface area (Å²) < 4.78 is 0. The first-order chi connectivity index (χ1) is 18.0. The molecule has 4 amide bonds. The van der Waals surface area contributed by atoms with E-state index in [0.717, 1.165) is 5.69 Å². The van der Waals surface area contributed by atoms with Gasteiger partial charge in [0.1, 0.15) is 0 Å². The molecule has 3 aromatic rings. The molecule has 0 unspecified atom stereocenters. The van der Waals surface area contributed by atoms with Crippen molar-refractivity contribution >= 4 is 29.4 Å². The van der Waals surface area contributed by atoms with Gasteiger partial charge in [-0.05, 0) is 49.2 Å². The quantitative estimate of drug-likeness (QED) is 0.568. The summed E-state index contributed by atoms with van der Waals surface area (Å²) in [5, 5.41) is 10.3. The van der Waals surface area contributed by atoms with E-state index in [1.807, 2.05) is 78.9 Å². The number of nitrogens with zero attached hydrogens (tertiary/aromatic N) is 5. The number of aliphatic carboxylic acids is 1.